The molecule has 9 heteroatoms. The summed E-state index contributed by atoms with van der Waals surface area (Å²) in [5.41, 5.74) is 0.0401. The van der Waals surface area contributed by atoms with Crippen LogP contribution in [-0.2, 0) is 10.0 Å². The number of sulfonamides is 1. The Hall–Kier alpha value is -1.32. The molecule has 106 valence electrons. The van der Waals surface area contributed by atoms with Crippen LogP contribution >= 0.6 is 11.8 Å². The fourth-order valence-electron chi connectivity index (χ4n) is 1.40. The zero-order valence-corrected chi connectivity index (χ0v) is 12.2. The SMILES string of the molecule is CNc1ccc(S(=O)(=O)NCCSC)c([N+](=O)[O-])c1. The molecule has 0 aromatic heterocycles. The minimum Gasteiger partial charge on any atom is -0.388 e. The van der Waals surface area contributed by atoms with E-state index in [-0.39, 0.29) is 11.4 Å². The van der Waals surface area contributed by atoms with Gasteiger partial charge in [0.05, 0.1) is 4.92 Å². The molecular formula is C10H15N3O4S2. The van der Waals surface area contributed by atoms with Crippen molar-refractivity contribution in [1.29, 1.82) is 0 Å². The number of rotatable bonds is 7. The van der Waals surface area contributed by atoms with Crippen LogP contribution in [0.1, 0.15) is 0 Å². The van der Waals surface area contributed by atoms with Crippen molar-refractivity contribution < 1.29 is 13.3 Å². The first-order valence-corrected chi connectivity index (χ1v) is 8.25. The number of nitro benzene ring substituents is 1. The Bertz CT molecular complexity index is 560. The molecule has 0 bridgehead atoms. The first-order chi connectivity index (χ1) is 8.92. The molecule has 0 fully saturated rings. The number of thioether (sulfide) groups is 1. The van der Waals surface area contributed by atoms with Crippen LogP contribution in [0.25, 0.3) is 0 Å². The minimum absolute atomic E-state index is 0.231. The molecule has 0 aliphatic carbocycles. The zero-order valence-electron chi connectivity index (χ0n) is 10.5. The summed E-state index contributed by atoms with van der Waals surface area (Å²) in [6.45, 7) is 0.231. The normalized spacial score (nSPS) is 11.3. The minimum atomic E-state index is -3.87. The summed E-state index contributed by atoms with van der Waals surface area (Å²) in [5, 5.41) is 13.7. The summed E-state index contributed by atoms with van der Waals surface area (Å²) < 4.78 is 26.3. The van der Waals surface area contributed by atoms with Crippen LogP contribution in [-0.4, -0.2) is 38.9 Å². The van der Waals surface area contributed by atoms with Crippen LogP contribution in [0.2, 0.25) is 0 Å². The van der Waals surface area contributed by atoms with Crippen molar-refractivity contribution in [3.8, 4) is 0 Å². The molecule has 7 nitrogen and oxygen atoms in total. The highest BCUT2D eigenvalue weighted by atomic mass is 32.2. The van der Waals surface area contributed by atoms with Crippen LogP contribution < -0.4 is 10.0 Å². The fraction of sp³-hybridized carbons (Fsp3) is 0.400. The van der Waals surface area contributed by atoms with Crippen LogP contribution in [0, 0.1) is 10.1 Å². The number of anilines is 1. The van der Waals surface area contributed by atoms with Gasteiger partial charge in [-0.25, -0.2) is 13.1 Å². The van der Waals surface area contributed by atoms with Crippen LogP contribution in [0.15, 0.2) is 23.1 Å². The number of nitro groups is 1. The Morgan fingerprint density at radius 2 is 2.11 bits per heavy atom. The second-order valence-electron chi connectivity index (χ2n) is 3.58. The molecule has 0 radical (unpaired) electrons. The maximum absolute atomic E-state index is 12.0. The van der Waals surface area contributed by atoms with Crippen molar-refractivity contribution in [2.45, 2.75) is 4.90 Å². The average molecular weight is 305 g/mol. The van der Waals surface area contributed by atoms with Crippen molar-refractivity contribution in [3.05, 3.63) is 28.3 Å². The van der Waals surface area contributed by atoms with E-state index < -0.39 is 20.6 Å². The third-order valence-electron chi connectivity index (χ3n) is 2.33. The Balaban J connectivity index is 3.15. The smallest absolute Gasteiger partial charge is 0.291 e. The average Bonchev–Trinajstić information content (AvgIpc) is 2.38. The van der Waals surface area contributed by atoms with Gasteiger partial charge in [0, 0.05) is 31.1 Å². The quantitative estimate of drug-likeness (QED) is 0.447. The van der Waals surface area contributed by atoms with Crippen molar-refractivity contribution in [2.75, 3.05) is 30.9 Å². The zero-order chi connectivity index (χ0) is 14.5. The van der Waals surface area contributed by atoms with Gasteiger partial charge < -0.3 is 5.32 Å². The Morgan fingerprint density at radius 1 is 1.42 bits per heavy atom. The Kier molecular flexibility index (Phi) is 5.58. The van der Waals surface area contributed by atoms with E-state index in [0.717, 1.165) is 0 Å². The van der Waals surface area contributed by atoms with Gasteiger partial charge >= 0.3 is 0 Å². The molecule has 0 aliphatic heterocycles. The summed E-state index contributed by atoms with van der Waals surface area (Å²) >= 11 is 1.48. The van der Waals surface area contributed by atoms with Gasteiger partial charge in [-0.15, -0.1) is 0 Å². The Morgan fingerprint density at radius 3 is 2.63 bits per heavy atom. The molecule has 0 atom stereocenters. The van der Waals surface area contributed by atoms with Crippen molar-refractivity contribution in [1.82, 2.24) is 4.72 Å². The molecular weight excluding hydrogens is 290 g/mol. The van der Waals surface area contributed by atoms with E-state index in [1.54, 1.807) is 7.05 Å². The lowest BCUT2D eigenvalue weighted by Gasteiger charge is -2.08. The predicted octanol–water partition coefficient (Wildman–Crippen LogP) is 1.28. The first-order valence-electron chi connectivity index (χ1n) is 5.37. The third kappa shape index (κ3) is 4.08. The van der Waals surface area contributed by atoms with E-state index >= 15 is 0 Å². The van der Waals surface area contributed by atoms with Gasteiger partial charge in [0.15, 0.2) is 4.90 Å². The maximum Gasteiger partial charge on any atom is 0.291 e. The molecule has 1 rings (SSSR count). The highest BCUT2D eigenvalue weighted by Gasteiger charge is 2.25. The van der Waals surface area contributed by atoms with Gasteiger partial charge in [-0.2, -0.15) is 11.8 Å². The molecule has 2 N–H and O–H groups in total. The van der Waals surface area contributed by atoms with E-state index in [1.807, 2.05) is 6.26 Å². The number of nitrogens with one attached hydrogen (secondary N) is 2. The van der Waals surface area contributed by atoms with Gasteiger partial charge in [0.1, 0.15) is 0 Å². The number of nitrogens with zero attached hydrogens (tertiary/aromatic N) is 1. The van der Waals surface area contributed by atoms with E-state index in [0.29, 0.717) is 11.4 Å². The monoisotopic (exact) mass is 305 g/mol. The highest BCUT2D eigenvalue weighted by molar-refractivity contribution is 7.98. The van der Waals surface area contributed by atoms with Gasteiger partial charge in [0.25, 0.3) is 5.69 Å². The largest absolute Gasteiger partial charge is 0.388 e. The van der Waals surface area contributed by atoms with Gasteiger partial charge in [-0.1, -0.05) is 0 Å². The summed E-state index contributed by atoms with van der Waals surface area (Å²) in [6, 6.07) is 3.91. The molecule has 0 unspecified atom stereocenters. The lowest BCUT2D eigenvalue weighted by atomic mass is 10.3. The van der Waals surface area contributed by atoms with E-state index in [9.17, 15) is 18.5 Å². The Labute approximate surface area is 116 Å². The molecule has 0 heterocycles. The summed E-state index contributed by atoms with van der Waals surface area (Å²) in [7, 11) is -2.26. The maximum atomic E-state index is 12.0. The second kappa shape index (κ2) is 6.73. The van der Waals surface area contributed by atoms with E-state index in [2.05, 4.69) is 10.0 Å². The summed E-state index contributed by atoms with van der Waals surface area (Å²) in [6.07, 6.45) is 1.85. The van der Waals surface area contributed by atoms with Crippen LogP contribution in [0.5, 0.6) is 0 Å². The van der Waals surface area contributed by atoms with Gasteiger partial charge in [-0.05, 0) is 18.4 Å². The van der Waals surface area contributed by atoms with E-state index in [4.69, 9.17) is 0 Å². The molecule has 0 spiro atoms. The van der Waals surface area contributed by atoms with Crippen molar-refractivity contribution >= 4 is 33.2 Å². The third-order valence-corrected chi connectivity index (χ3v) is 4.45. The topological polar surface area (TPSA) is 101 Å². The molecule has 0 amide bonds. The first kappa shape index (κ1) is 15.7. The molecule has 1 aromatic rings. The molecule has 0 aliphatic rings. The van der Waals surface area contributed by atoms with Gasteiger partial charge in [-0.3, -0.25) is 10.1 Å². The molecule has 0 saturated heterocycles. The number of benzene rings is 1. The molecule has 1 aromatic carbocycles. The standard InChI is InChI=1S/C10H15N3O4S2/c1-11-8-3-4-10(9(7-8)13(14)15)19(16,17)12-5-6-18-2/h3-4,7,11-12H,5-6H2,1-2H3. The number of hydrogen-bond acceptors (Lipinski definition) is 6. The fourth-order valence-corrected chi connectivity index (χ4v) is 3.02. The molecule has 0 saturated carbocycles. The summed E-state index contributed by atoms with van der Waals surface area (Å²) in [4.78, 5) is 9.92. The van der Waals surface area contributed by atoms with Crippen molar-refractivity contribution in [2.24, 2.45) is 0 Å². The van der Waals surface area contributed by atoms with Crippen molar-refractivity contribution in [3.63, 3.8) is 0 Å². The lowest BCUT2D eigenvalue weighted by Crippen LogP contribution is -2.26. The molecule has 19 heavy (non-hydrogen) atoms. The lowest BCUT2D eigenvalue weighted by molar-refractivity contribution is -0.387. The van der Waals surface area contributed by atoms with E-state index in [1.165, 1.54) is 30.0 Å². The van der Waals surface area contributed by atoms with Crippen LogP contribution in [0.4, 0.5) is 11.4 Å². The number of hydrogen-bond donors (Lipinski definition) is 2. The summed E-state index contributed by atoms with van der Waals surface area (Å²) in [5.74, 6) is 0.599. The second-order valence-corrected chi connectivity index (χ2v) is 6.30. The van der Waals surface area contributed by atoms with Crippen LogP contribution in [0.3, 0.4) is 0 Å². The predicted molar refractivity (Wildman–Crippen MR) is 76.2 cm³/mol. The highest BCUT2D eigenvalue weighted by Crippen LogP contribution is 2.26. The van der Waals surface area contributed by atoms with Gasteiger partial charge in [0.2, 0.25) is 10.0 Å².